The third-order valence-corrected chi connectivity index (χ3v) is 3.29. The summed E-state index contributed by atoms with van der Waals surface area (Å²) in [6.07, 6.45) is 3.63. The summed E-state index contributed by atoms with van der Waals surface area (Å²) in [5.74, 6) is 0. The molecule has 1 aliphatic rings. The molecule has 2 heteroatoms. The molecule has 0 aromatic heterocycles. The second kappa shape index (κ2) is 4.77. The first-order valence-electron chi connectivity index (χ1n) is 5.82. The van der Waals surface area contributed by atoms with Crippen molar-refractivity contribution in [2.75, 3.05) is 6.54 Å². The van der Waals surface area contributed by atoms with Gasteiger partial charge in [0.15, 0.2) is 0 Å². The predicted octanol–water partition coefficient (Wildman–Crippen LogP) is 2.14. The van der Waals surface area contributed by atoms with Crippen molar-refractivity contribution < 1.29 is 0 Å². The number of aryl methyl sites for hydroxylation is 1. The van der Waals surface area contributed by atoms with Crippen LogP contribution in [0, 0.1) is 6.92 Å². The lowest BCUT2D eigenvalue weighted by atomic mass is 9.96. The molecule has 1 aliphatic heterocycles. The Labute approximate surface area is 91.9 Å². The zero-order valence-electron chi connectivity index (χ0n) is 9.37. The van der Waals surface area contributed by atoms with Gasteiger partial charge in [-0.25, -0.2) is 0 Å². The van der Waals surface area contributed by atoms with Gasteiger partial charge in [0.05, 0.1) is 0 Å². The van der Waals surface area contributed by atoms with Crippen molar-refractivity contribution in [1.29, 1.82) is 0 Å². The molecule has 2 nitrogen and oxygen atoms in total. The average molecular weight is 204 g/mol. The number of hydrogen-bond donors (Lipinski definition) is 2. The van der Waals surface area contributed by atoms with E-state index in [9.17, 15) is 0 Å². The summed E-state index contributed by atoms with van der Waals surface area (Å²) in [5, 5.41) is 3.50. The van der Waals surface area contributed by atoms with Gasteiger partial charge >= 0.3 is 0 Å². The van der Waals surface area contributed by atoms with Crippen molar-refractivity contribution in [3.05, 3.63) is 35.4 Å². The Morgan fingerprint density at radius 2 is 2.27 bits per heavy atom. The molecule has 0 spiro atoms. The highest BCUT2D eigenvalue weighted by Gasteiger charge is 2.18. The summed E-state index contributed by atoms with van der Waals surface area (Å²) in [6, 6.07) is 9.23. The zero-order chi connectivity index (χ0) is 10.7. The highest BCUT2D eigenvalue weighted by Crippen LogP contribution is 2.22. The first kappa shape index (κ1) is 10.7. The molecule has 3 N–H and O–H groups in total. The molecule has 82 valence electrons. The van der Waals surface area contributed by atoms with Crippen molar-refractivity contribution in [3.63, 3.8) is 0 Å². The second-order valence-corrected chi connectivity index (χ2v) is 4.49. The van der Waals surface area contributed by atoms with E-state index in [-0.39, 0.29) is 6.04 Å². The topological polar surface area (TPSA) is 38.0 Å². The Bertz CT molecular complexity index is 316. The van der Waals surface area contributed by atoms with Crippen molar-refractivity contribution in [2.24, 2.45) is 5.73 Å². The molecule has 0 radical (unpaired) electrons. The van der Waals surface area contributed by atoms with Crippen LogP contribution in [0.2, 0.25) is 0 Å². The van der Waals surface area contributed by atoms with Crippen LogP contribution in [0.15, 0.2) is 24.3 Å². The Morgan fingerprint density at radius 3 is 2.93 bits per heavy atom. The maximum absolute atomic E-state index is 6.24. The Hall–Kier alpha value is -0.860. The summed E-state index contributed by atoms with van der Waals surface area (Å²) in [4.78, 5) is 0. The zero-order valence-corrected chi connectivity index (χ0v) is 9.37. The number of nitrogens with two attached hydrogens (primary N) is 1. The molecular formula is C13H20N2. The maximum Gasteiger partial charge on any atom is 0.0312 e. The quantitative estimate of drug-likeness (QED) is 0.791. The summed E-state index contributed by atoms with van der Waals surface area (Å²) in [7, 11) is 0. The third kappa shape index (κ3) is 2.58. The molecule has 1 aromatic carbocycles. The van der Waals surface area contributed by atoms with E-state index in [0.29, 0.717) is 6.04 Å². The summed E-state index contributed by atoms with van der Waals surface area (Å²) in [6.45, 7) is 3.29. The Balaban J connectivity index is 2.00. The van der Waals surface area contributed by atoms with Gasteiger partial charge in [0.2, 0.25) is 0 Å². The molecule has 1 heterocycles. The first-order valence-corrected chi connectivity index (χ1v) is 5.82. The highest BCUT2D eigenvalue weighted by atomic mass is 14.9. The molecule has 1 fully saturated rings. The van der Waals surface area contributed by atoms with E-state index >= 15 is 0 Å². The van der Waals surface area contributed by atoms with E-state index in [1.54, 1.807) is 0 Å². The lowest BCUT2D eigenvalue weighted by Crippen LogP contribution is -2.27. The number of benzene rings is 1. The van der Waals surface area contributed by atoms with E-state index in [1.165, 1.54) is 24.0 Å². The summed E-state index contributed by atoms with van der Waals surface area (Å²) in [5.41, 5.74) is 8.84. The first-order chi connectivity index (χ1) is 7.27. The van der Waals surface area contributed by atoms with Crippen molar-refractivity contribution in [1.82, 2.24) is 5.32 Å². The molecule has 1 saturated heterocycles. The van der Waals surface area contributed by atoms with Crippen LogP contribution < -0.4 is 11.1 Å². The summed E-state index contributed by atoms with van der Waals surface area (Å²) < 4.78 is 0. The Morgan fingerprint density at radius 1 is 1.47 bits per heavy atom. The van der Waals surface area contributed by atoms with Crippen LogP contribution >= 0.6 is 0 Å². The monoisotopic (exact) mass is 204 g/mol. The minimum atomic E-state index is 0.182. The summed E-state index contributed by atoms with van der Waals surface area (Å²) >= 11 is 0. The molecule has 0 aliphatic carbocycles. The number of rotatable bonds is 3. The normalized spacial score (nSPS) is 22.9. The van der Waals surface area contributed by atoms with E-state index in [4.69, 9.17) is 5.73 Å². The SMILES string of the molecule is Cc1ccccc1C(N)CC1CCCN1. The van der Waals surface area contributed by atoms with Gasteiger partial charge < -0.3 is 11.1 Å². The fourth-order valence-electron chi connectivity index (χ4n) is 2.39. The van der Waals surface area contributed by atoms with Gasteiger partial charge in [-0.3, -0.25) is 0 Å². The molecular weight excluding hydrogens is 184 g/mol. The second-order valence-electron chi connectivity index (χ2n) is 4.49. The van der Waals surface area contributed by atoms with Crippen LogP contribution in [0.25, 0.3) is 0 Å². The van der Waals surface area contributed by atoms with Crippen LogP contribution in [0.1, 0.15) is 36.4 Å². The molecule has 2 unspecified atom stereocenters. The van der Waals surface area contributed by atoms with Gasteiger partial charge in [-0.15, -0.1) is 0 Å². The molecule has 15 heavy (non-hydrogen) atoms. The number of hydrogen-bond acceptors (Lipinski definition) is 2. The van der Waals surface area contributed by atoms with E-state index in [0.717, 1.165) is 13.0 Å². The standard InChI is InChI=1S/C13H20N2/c1-10-5-2-3-7-12(10)13(14)9-11-6-4-8-15-11/h2-3,5,7,11,13,15H,4,6,8-9,14H2,1H3. The smallest absolute Gasteiger partial charge is 0.0312 e. The lowest BCUT2D eigenvalue weighted by Gasteiger charge is -2.18. The van der Waals surface area contributed by atoms with Crippen LogP contribution in [0.4, 0.5) is 0 Å². The predicted molar refractivity (Wildman–Crippen MR) is 63.7 cm³/mol. The average Bonchev–Trinajstić information content (AvgIpc) is 2.71. The number of nitrogens with one attached hydrogen (secondary N) is 1. The van der Waals surface area contributed by atoms with Gasteiger partial charge in [0, 0.05) is 12.1 Å². The van der Waals surface area contributed by atoms with Gasteiger partial charge in [0.1, 0.15) is 0 Å². The molecule has 0 saturated carbocycles. The van der Waals surface area contributed by atoms with Gasteiger partial charge in [-0.1, -0.05) is 24.3 Å². The molecule has 2 rings (SSSR count). The largest absolute Gasteiger partial charge is 0.324 e. The fraction of sp³-hybridized carbons (Fsp3) is 0.538. The van der Waals surface area contributed by atoms with Crippen molar-refractivity contribution >= 4 is 0 Å². The fourth-order valence-corrected chi connectivity index (χ4v) is 2.39. The molecule has 0 bridgehead atoms. The van der Waals surface area contributed by atoms with E-state index in [2.05, 4.69) is 36.5 Å². The highest BCUT2D eigenvalue weighted by molar-refractivity contribution is 5.28. The van der Waals surface area contributed by atoms with Crippen LogP contribution in [-0.2, 0) is 0 Å². The van der Waals surface area contributed by atoms with E-state index < -0.39 is 0 Å². The molecule has 0 amide bonds. The van der Waals surface area contributed by atoms with Gasteiger partial charge in [-0.05, 0) is 43.9 Å². The van der Waals surface area contributed by atoms with Crippen LogP contribution in [0.3, 0.4) is 0 Å². The molecule has 1 aromatic rings. The third-order valence-electron chi connectivity index (χ3n) is 3.29. The lowest BCUT2D eigenvalue weighted by molar-refractivity contribution is 0.498. The Kier molecular flexibility index (Phi) is 3.39. The minimum Gasteiger partial charge on any atom is -0.324 e. The van der Waals surface area contributed by atoms with Crippen LogP contribution in [-0.4, -0.2) is 12.6 Å². The van der Waals surface area contributed by atoms with Gasteiger partial charge in [0.25, 0.3) is 0 Å². The van der Waals surface area contributed by atoms with Gasteiger partial charge in [-0.2, -0.15) is 0 Å². The van der Waals surface area contributed by atoms with Crippen molar-refractivity contribution in [2.45, 2.75) is 38.3 Å². The maximum atomic E-state index is 6.24. The minimum absolute atomic E-state index is 0.182. The molecule has 2 atom stereocenters. The van der Waals surface area contributed by atoms with E-state index in [1.807, 2.05) is 0 Å². The van der Waals surface area contributed by atoms with Crippen molar-refractivity contribution in [3.8, 4) is 0 Å². The van der Waals surface area contributed by atoms with Crippen LogP contribution in [0.5, 0.6) is 0 Å².